The molecule has 2 aromatic heterocycles. The summed E-state index contributed by atoms with van der Waals surface area (Å²) in [6.45, 7) is 0. The van der Waals surface area contributed by atoms with Crippen LogP contribution in [0.1, 0.15) is 17.7 Å². The number of hydrogen-bond donors (Lipinski definition) is 1. The molecule has 4 heteroatoms. The van der Waals surface area contributed by atoms with Gasteiger partial charge in [0.1, 0.15) is 0 Å². The maximum absolute atomic E-state index is 12.2. The summed E-state index contributed by atoms with van der Waals surface area (Å²) in [6.07, 6.45) is 4.23. The summed E-state index contributed by atoms with van der Waals surface area (Å²) in [4.78, 5) is 16.5. The van der Waals surface area contributed by atoms with Gasteiger partial charge in [-0.1, -0.05) is 24.3 Å². The Morgan fingerprint density at radius 3 is 2.67 bits per heavy atom. The van der Waals surface area contributed by atoms with E-state index in [1.54, 1.807) is 6.20 Å². The van der Waals surface area contributed by atoms with Crippen molar-refractivity contribution in [3.05, 3.63) is 76.3 Å². The molecule has 2 heterocycles. The molecule has 0 unspecified atom stereocenters. The Balaban J connectivity index is 1.81. The summed E-state index contributed by atoms with van der Waals surface area (Å²) < 4.78 is 1.24. The number of nitrogens with zero attached hydrogens (tertiary/aromatic N) is 2. The van der Waals surface area contributed by atoms with Crippen LogP contribution in [0.25, 0.3) is 10.9 Å². The number of pyridine rings is 2. The number of hydrogen-bond acceptors (Lipinski definition) is 3. The van der Waals surface area contributed by atoms with Gasteiger partial charge in [0, 0.05) is 22.8 Å². The first-order chi connectivity index (χ1) is 10.3. The maximum Gasteiger partial charge on any atom is 0.272 e. The second-order valence-corrected chi connectivity index (χ2v) is 5.08. The quantitative estimate of drug-likeness (QED) is 0.745. The lowest BCUT2D eigenvalue weighted by Crippen LogP contribution is -2.30. The molecule has 0 saturated carbocycles. The van der Waals surface area contributed by atoms with Crippen LogP contribution >= 0.6 is 0 Å². The van der Waals surface area contributed by atoms with Gasteiger partial charge in [0.15, 0.2) is 0 Å². The first-order valence-corrected chi connectivity index (χ1v) is 7.04. The molecule has 0 bridgehead atoms. The molecule has 0 amide bonds. The zero-order valence-electron chi connectivity index (χ0n) is 11.7. The molecule has 3 rings (SSSR count). The molecule has 0 radical (unpaired) electrons. The third-order valence-corrected chi connectivity index (χ3v) is 3.62. The lowest BCUT2D eigenvalue weighted by atomic mass is 10.1. The zero-order valence-corrected chi connectivity index (χ0v) is 11.7. The molecule has 21 heavy (non-hydrogen) atoms. The molecule has 3 aromatic rings. The van der Waals surface area contributed by atoms with E-state index in [9.17, 15) is 4.79 Å². The Labute approximate surface area is 122 Å². The summed E-state index contributed by atoms with van der Waals surface area (Å²) in [5.74, 6) is 5.89. The fourth-order valence-electron chi connectivity index (χ4n) is 2.53. The average Bonchev–Trinajstić information content (AvgIpc) is 2.53. The minimum atomic E-state index is -0.116. The van der Waals surface area contributed by atoms with Crippen LogP contribution in [0.3, 0.4) is 0 Å². The van der Waals surface area contributed by atoms with Gasteiger partial charge in [0.2, 0.25) is 0 Å². The van der Waals surface area contributed by atoms with Gasteiger partial charge in [-0.2, -0.15) is 0 Å². The van der Waals surface area contributed by atoms with Crippen LogP contribution in [0.2, 0.25) is 0 Å². The van der Waals surface area contributed by atoms with Crippen LogP contribution in [-0.2, 0) is 12.8 Å². The van der Waals surface area contributed by atoms with E-state index in [2.05, 4.69) is 4.98 Å². The lowest BCUT2D eigenvalue weighted by Gasteiger charge is -2.08. The van der Waals surface area contributed by atoms with Gasteiger partial charge in [-0.25, -0.2) is 4.68 Å². The van der Waals surface area contributed by atoms with Gasteiger partial charge in [-0.15, -0.1) is 0 Å². The normalized spacial score (nSPS) is 10.9. The van der Waals surface area contributed by atoms with Crippen LogP contribution in [0, 0.1) is 0 Å². The van der Waals surface area contributed by atoms with Gasteiger partial charge >= 0.3 is 0 Å². The number of nitrogens with two attached hydrogens (primary N) is 1. The topological polar surface area (TPSA) is 60.9 Å². The third-order valence-electron chi connectivity index (χ3n) is 3.62. The average molecular weight is 279 g/mol. The number of para-hydroxylation sites is 1. The molecule has 2 N–H and O–H groups in total. The summed E-state index contributed by atoms with van der Waals surface area (Å²) >= 11 is 0. The zero-order chi connectivity index (χ0) is 14.7. The number of fused-ring (bicyclic) bond motifs is 1. The van der Waals surface area contributed by atoms with Crippen molar-refractivity contribution in [2.75, 3.05) is 5.84 Å². The van der Waals surface area contributed by atoms with Crippen molar-refractivity contribution in [3.8, 4) is 0 Å². The van der Waals surface area contributed by atoms with Crippen LogP contribution in [0.15, 0.2) is 59.5 Å². The van der Waals surface area contributed by atoms with Crippen LogP contribution < -0.4 is 11.4 Å². The highest BCUT2D eigenvalue weighted by atomic mass is 16.1. The Morgan fingerprint density at radius 2 is 1.86 bits per heavy atom. The van der Waals surface area contributed by atoms with E-state index in [4.69, 9.17) is 5.84 Å². The van der Waals surface area contributed by atoms with Crippen LogP contribution in [0.5, 0.6) is 0 Å². The molecule has 0 fully saturated rings. The molecule has 0 saturated heterocycles. The van der Waals surface area contributed by atoms with E-state index in [1.807, 2.05) is 48.5 Å². The van der Waals surface area contributed by atoms with Gasteiger partial charge in [0.25, 0.3) is 5.56 Å². The first kappa shape index (κ1) is 13.4. The fourth-order valence-corrected chi connectivity index (χ4v) is 2.53. The van der Waals surface area contributed by atoms with E-state index in [-0.39, 0.29) is 5.56 Å². The minimum Gasteiger partial charge on any atom is -0.336 e. The van der Waals surface area contributed by atoms with Crippen molar-refractivity contribution in [1.29, 1.82) is 0 Å². The number of nitrogen functional groups attached to an aromatic ring is 1. The highest BCUT2D eigenvalue weighted by molar-refractivity contribution is 5.79. The second kappa shape index (κ2) is 5.79. The van der Waals surface area contributed by atoms with Crippen molar-refractivity contribution >= 4 is 10.9 Å². The van der Waals surface area contributed by atoms with E-state index in [0.717, 1.165) is 35.0 Å². The first-order valence-electron chi connectivity index (χ1n) is 7.04. The number of aryl methyl sites for hydroxylation is 2. The van der Waals surface area contributed by atoms with E-state index in [1.165, 1.54) is 4.68 Å². The minimum absolute atomic E-state index is 0.116. The van der Waals surface area contributed by atoms with Gasteiger partial charge in [-0.3, -0.25) is 9.78 Å². The van der Waals surface area contributed by atoms with Crippen molar-refractivity contribution in [3.63, 3.8) is 0 Å². The third kappa shape index (κ3) is 2.79. The molecular formula is C17H17N3O. The van der Waals surface area contributed by atoms with Crippen LogP contribution in [-0.4, -0.2) is 9.66 Å². The van der Waals surface area contributed by atoms with Crippen molar-refractivity contribution < 1.29 is 0 Å². The van der Waals surface area contributed by atoms with E-state index < -0.39 is 0 Å². The van der Waals surface area contributed by atoms with E-state index >= 15 is 0 Å². The predicted molar refractivity (Wildman–Crippen MR) is 84.6 cm³/mol. The highest BCUT2D eigenvalue weighted by Gasteiger charge is 2.07. The molecule has 4 nitrogen and oxygen atoms in total. The molecule has 106 valence electrons. The Morgan fingerprint density at radius 1 is 1.05 bits per heavy atom. The SMILES string of the molecule is Nn1c(=O)c(CCCc2ccccn2)cc2ccccc21. The summed E-state index contributed by atoms with van der Waals surface area (Å²) in [5, 5.41) is 0.993. The monoisotopic (exact) mass is 279 g/mol. The standard InChI is InChI=1S/C17H17N3O/c18-20-16-10-2-1-6-13(16)12-14(17(20)21)7-5-9-15-8-3-4-11-19-15/h1-4,6,8,10-12H,5,7,9,18H2. The second-order valence-electron chi connectivity index (χ2n) is 5.08. The van der Waals surface area contributed by atoms with Crippen molar-refractivity contribution in [2.45, 2.75) is 19.3 Å². The molecule has 1 aromatic carbocycles. The smallest absolute Gasteiger partial charge is 0.272 e. The van der Waals surface area contributed by atoms with Crippen molar-refractivity contribution in [2.24, 2.45) is 0 Å². The van der Waals surface area contributed by atoms with E-state index in [0.29, 0.717) is 6.42 Å². The number of rotatable bonds is 4. The van der Waals surface area contributed by atoms with Crippen molar-refractivity contribution in [1.82, 2.24) is 9.66 Å². The highest BCUT2D eigenvalue weighted by Crippen LogP contribution is 2.13. The Hall–Kier alpha value is -2.62. The predicted octanol–water partition coefficient (Wildman–Crippen LogP) is 2.29. The fraction of sp³-hybridized carbons (Fsp3) is 0.176. The van der Waals surface area contributed by atoms with Gasteiger partial charge in [-0.05, 0) is 43.5 Å². The number of benzene rings is 1. The van der Waals surface area contributed by atoms with Gasteiger partial charge in [0.05, 0.1) is 5.52 Å². The van der Waals surface area contributed by atoms with Gasteiger partial charge < -0.3 is 5.84 Å². The molecule has 0 spiro atoms. The molecular weight excluding hydrogens is 262 g/mol. The summed E-state index contributed by atoms with van der Waals surface area (Å²) in [5.41, 5.74) is 2.45. The maximum atomic E-state index is 12.2. The molecule has 0 aliphatic rings. The largest absolute Gasteiger partial charge is 0.336 e. The Bertz CT molecular complexity index is 809. The summed E-state index contributed by atoms with van der Waals surface area (Å²) in [7, 11) is 0. The molecule has 0 aliphatic heterocycles. The Kier molecular flexibility index (Phi) is 3.69. The lowest BCUT2D eigenvalue weighted by molar-refractivity contribution is 0.783. The molecule has 0 aliphatic carbocycles. The number of aromatic nitrogens is 2. The molecule has 0 atom stereocenters. The summed E-state index contributed by atoms with van der Waals surface area (Å²) in [6, 6.07) is 15.5. The van der Waals surface area contributed by atoms with Crippen LogP contribution in [0.4, 0.5) is 0 Å².